The van der Waals surface area contributed by atoms with Gasteiger partial charge in [-0.3, -0.25) is 9.78 Å². The van der Waals surface area contributed by atoms with Crippen molar-refractivity contribution in [3.05, 3.63) is 53.3 Å². The summed E-state index contributed by atoms with van der Waals surface area (Å²) in [4.78, 5) is 16.1. The number of amides is 1. The summed E-state index contributed by atoms with van der Waals surface area (Å²) in [6, 6.07) is 7.21. The third kappa shape index (κ3) is 2.81. The second-order valence-corrected chi connectivity index (χ2v) is 5.31. The molecular formula is C16H17N3O2. The summed E-state index contributed by atoms with van der Waals surface area (Å²) in [6.07, 6.45) is 5.65. The molecule has 1 aliphatic carbocycles. The normalized spacial score (nSPS) is 17.0. The average Bonchev–Trinajstić information content (AvgIpc) is 2.47. The van der Waals surface area contributed by atoms with Crippen molar-refractivity contribution in [1.82, 2.24) is 10.3 Å². The second-order valence-electron chi connectivity index (χ2n) is 5.31. The zero-order chi connectivity index (χ0) is 14.8. The molecule has 0 aliphatic heterocycles. The topological polar surface area (TPSA) is 88.2 Å². The molecule has 5 heteroatoms. The number of aromatic nitrogens is 1. The van der Waals surface area contributed by atoms with E-state index in [-0.39, 0.29) is 17.7 Å². The van der Waals surface area contributed by atoms with Crippen LogP contribution in [-0.2, 0) is 6.42 Å². The van der Waals surface area contributed by atoms with E-state index in [4.69, 9.17) is 5.73 Å². The Hall–Kier alpha value is -2.56. The Morgan fingerprint density at radius 3 is 3.00 bits per heavy atom. The van der Waals surface area contributed by atoms with Gasteiger partial charge in [0.25, 0.3) is 5.91 Å². The number of hydrogen-bond acceptors (Lipinski definition) is 4. The van der Waals surface area contributed by atoms with Crippen LogP contribution in [0.4, 0.5) is 5.69 Å². The van der Waals surface area contributed by atoms with E-state index in [0.717, 1.165) is 30.5 Å². The first-order valence-electron chi connectivity index (χ1n) is 6.96. The van der Waals surface area contributed by atoms with Crippen LogP contribution < -0.4 is 11.1 Å². The van der Waals surface area contributed by atoms with E-state index in [1.807, 2.05) is 18.2 Å². The van der Waals surface area contributed by atoms with Crippen molar-refractivity contribution in [3.63, 3.8) is 0 Å². The third-order valence-electron chi connectivity index (χ3n) is 3.77. The van der Waals surface area contributed by atoms with E-state index in [9.17, 15) is 9.90 Å². The zero-order valence-electron chi connectivity index (χ0n) is 11.5. The number of nitrogen functional groups attached to an aromatic ring is 1. The fraction of sp³-hybridized carbons (Fsp3) is 0.250. The van der Waals surface area contributed by atoms with Gasteiger partial charge in [0.15, 0.2) is 0 Å². The molecule has 1 aliphatic rings. The molecule has 1 aromatic carbocycles. The van der Waals surface area contributed by atoms with Crippen molar-refractivity contribution < 1.29 is 9.90 Å². The zero-order valence-corrected chi connectivity index (χ0v) is 11.5. The van der Waals surface area contributed by atoms with Gasteiger partial charge < -0.3 is 16.2 Å². The van der Waals surface area contributed by atoms with Gasteiger partial charge in [0.05, 0.1) is 17.8 Å². The summed E-state index contributed by atoms with van der Waals surface area (Å²) >= 11 is 0. The van der Waals surface area contributed by atoms with Gasteiger partial charge in [-0.2, -0.15) is 0 Å². The van der Waals surface area contributed by atoms with Gasteiger partial charge >= 0.3 is 0 Å². The molecule has 0 radical (unpaired) electrons. The number of carbonyl (C=O) groups is 1. The number of nitrogens with two attached hydrogens (primary N) is 1. The van der Waals surface area contributed by atoms with Crippen molar-refractivity contribution in [2.75, 3.05) is 5.73 Å². The van der Waals surface area contributed by atoms with Crippen LogP contribution in [0.25, 0.3) is 0 Å². The van der Waals surface area contributed by atoms with Gasteiger partial charge in [-0.05, 0) is 48.6 Å². The molecule has 5 nitrogen and oxygen atoms in total. The lowest BCUT2D eigenvalue weighted by Crippen LogP contribution is -2.31. The van der Waals surface area contributed by atoms with Crippen LogP contribution in [0, 0.1) is 0 Å². The number of nitrogens with zero attached hydrogens (tertiary/aromatic N) is 1. The smallest absolute Gasteiger partial charge is 0.253 e. The maximum Gasteiger partial charge on any atom is 0.253 e. The van der Waals surface area contributed by atoms with Crippen LogP contribution in [-0.4, -0.2) is 16.0 Å². The highest BCUT2D eigenvalue weighted by Gasteiger charge is 2.22. The molecule has 3 rings (SSSR count). The molecular weight excluding hydrogens is 266 g/mol. The molecule has 21 heavy (non-hydrogen) atoms. The summed E-state index contributed by atoms with van der Waals surface area (Å²) in [7, 11) is 0. The Morgan fingerprint density at radius 2 is 2.19 bits per heavy atom. The number of aryl methyl sites for hydroxylation is 1. The van der Waals surface area contributed by atoms with Gasteiger partial charge in [0.2, 0.25) is 0 Å². The minimum atomic E-state index is -0.229. The average molecular weight is 283 g/mol. The highest BCUT2D eigenvalue weighted by Crippen LogP contribution is 2.31. The van der Waals surface area contributed by atoms with Crippen molar-refractivity contribution in [3.8, 4) is 5.75 Å². The van der Waals surface area contributed by atoms with Gasteiger partial charge in [0.1, 0.15) is 5.75 Å². The number of benzene rings is 1. The molecule has 108 valence electrons. The highest BCUT2D eigenvalue weighted by atomic mass is 16.3. The van der Waals surface area contributed by atoms with Crippen molar-refractivity contribution in [1.29, 1.82) is 0 Å². The number of rotatable bonds is 2. The molecule has 0 saturated heterocycles. The number of pyridine rings is 1. The lowest BCUT2D eigenvalue weighted by atomic mass is 9.87. The molecule has 0 saturated carbocycles. The molecule has 4 N–H and O–H groups in total. The second kappa shape index (κ2) is 5.44. The van der Waals surface area contributed by atoms with Crippen LogP contribution in [0.5, 0.6) is 5.75 Å². The first-order valence-corrected chi connectivity index (χ1v) is 6.96. The molecule has 2 aromatic rings. The Bertz CT molecular complexity index is 685. The summed E-state index contributed by atoms with van der Waals surface area (Å²) in [5.41, 5.74) is 9.24. The van der Waals surface area contributed by atoms with E-state index in [1.165, 1.54) is 24.0 Å². The van der Waals surface area contributed by atoms with Gasteiger partial charge in [-0.25, -0.2) is 0 Å². The van der Waals surface area contributed by atoms with E-state index < -0.39 is 0 Å². The Labute approximate surface area is 122 Å². The van der Waals surface area contributed by atoms with E-state index in [2.05, 4.69) is 10.3 Å². The summed E-state index contributed by atoms with van der Waals surface area (Å²) < 4.78 is 0. The Morgan fingerprint density at radius 1 is 1.33 bits per heavy atom. The van der Waals surface area contributed by atoms with E-state index in [0.29, 0.717) is 5.56 Å². The minimum absolute atomic E-state index is 0.0144. The Kier molecular flexibility index (Phi) is 3.48. The standard InChI is InChI=1S/C16H17N3O2/c17-12-4-5-14-10(6-12)2-1-3-15(14)19-16(21)11-7-13(20)9-18-8-11/h4-9,15,20H,1-3,17H2,(H,19,21). The molecule has 1 amide bonds. The van der Waals surface area contributed by atoms with Crippen LogP contribution in [0.3, 0.4) is 0 Å². The molecule has 1 unspecified atom stereocenters. The van der Waals surface area contributed by atoms with Gasteiger partial charge in [0, 0.05) is 11.9 Å². The maximum atomic E-state index is 12.3. The number of anilines is 1. The predicted octanol–water partition coefficient (Wildman–Crippen LogP) is 2.18. The number of carbonyl (C=O) groups excluding carboxylic acids is 1. The molecule has 1 aromatic heterocycles. The first kappa shape index (κ1) is 13.4. The minimum Gasteiger partial charge on any atom is -0.506 e. The van der Waals surface area contributed by atoms with Crippen molar-refractivity contribution in [2.45, 2.75) is 25.3 Å². The quantitative estimate of drug-likeness (QED) is 0.737. The predicted molar refractivity (Wildman–Crippen MR) is 79.9 cm³/mol. The summed E-state index contributed by atoms with van der Waals surface area (Å²) in [6.45, 7) is 0. The molecule has 1 heterocycles. The Balaban J connectivity index is 1.82. The maximum absolute atomic E-state index is 12.3. The summed E-state index contributed by atoms with van der Waals surface area (Å²) in [5, 5.41) is 12.4. The number of aromatic hydroxyl groups is 1. The summed E-state index contributed by atoms with van der Waals surface area (Å²) in [5.74, 6) is -0.243. The lowest BCUT2D eigenvalue weighted by Gasteiger charge is -2.26. The molecule has 0 fully saturated rings. The third-order valence-corrected chi connectivity index (χ3v) is 3.77. The van der Waals surface area contributed by atoms with Crippen LogP contribution in [0.15, 0.2) is 36.7 Å². The van der Waals surface area contributed by atoms with Gasteiger partial charge in [-0.15, -0.1) is 0 Å². The van der Waals surface area contributed by atoms with Crippen molar-refractivity contribution >= 4 is 11.6 Å². The van der Waals surface area contributed by atoms with E-state index >= 15 is 0 Å². The number of hydrogen-bond donors (Lipinski definition) is 3. The first-order chi connectivity index (χ1) is 10.1. The van der Waals surface area contributed by atoms with Gasteiger partial charge in [-0.1, -0.05) is 6.07 Å². The molecule has 1 atom stereocenters. The fourth-order valence-corrected chi connectivity index (χ4v) is 2.78. The monoisotopic (exact) mass is 283 g/mol. The number of fused-ring (bicyclic) bond motifs is 1. The van der Waals surface area contributed by atoms with Crippen LogP contribution in [0.2, 0.25) is 0 Å². The number of nitrogens with one attached hydrogen (secondary N) is 1. The molecule has 0 bridgehead atoms. The lowest BCUT2D eigenvalue weighted by molar-refractivity contribution is 0.0932. The largest absolute Gasteiger partial charge is 0.506 e. The SMILES string of the molecule is Nc1ccc2c(c1)CCCC2NC(=O)c1cncc(O)c1. The fourth-order valence-electron chi connectivity index (χ4n) is 2.78. The van der Waals surface area contributed by atoms with Crippen LogP contribution in [0.1, 0.15) is 40.4 Å². The van der Waals surface area contributed by atoms with E-state index in [1.54, 1.807) is 0 Å². The van der Waals surface area contributed by atoms with Crippen LogP contribution >= 0.6 is 0 Å². The van der Waals surface area contributed by atoms with Crippen molar-refractivity contribution in [2.24, 2.45) is 0 Å². The molecule has 0 spiro atoms. The highest BCUT2D eigenvalue weighted by molar-refractivity contribution is 5.94.